The Morgan fingerprint density at radius 1 is 1.20 bits per heavy atom. The molecule has 2 heteroatoms. The van der Waals surface area contributed by atoms with Crippen LogP contribution in [0.4, 0.5) is 0 Å². The van der Waals surface area contributed by atoms with Crippen molar-refractivity contribution in [2.75, 3.05) is 20.1 Å². The van der Waals surface area contributed by atoms with Crippen molar-refractivity contribution in [3.05, 3.63) is 0 Å². The number of nitrogens with zero attached hydrogens (tertiary/aromatic N) is 1. The largest absolute Gasteiger partial charge is 0.315 e. The third-order valence-corrected chi connectivity index (χ3v) is 4.18. The summed E-state index contributed by atoms with van der Waals surface area (Å²) in [5.41, 5.74) is 0. The standard InChI is InChI=1S/C13H26N2/c1-11-6-4-3-5-9-15(11)10-13(14-2)12-7-8-12/h11-14H,3-10H2,1-2H3. The highest BCUT2D eigenvalue weighted by atomic mass is 15.2. The smallest absolute Gasteiger partial charge is 0.0220 e. The van der Waals surface area contributed by atoms with Gasteiger partial charge < -0.3 is 5.32 Å². The van der Waals surface area contributed by atoms with E-state index in [2.05, 4.69) is 24.2 Å². The van der Waals surface area contributed by atoms with Gasteiger partial charge in [-0.1, -0.05) is 12.8 Å². The Morgan fingerprint density at radius 2 is 2.00 bits per heavy atom. The minimum Gasteiger partial charge on any atom is -0.315 e. The number of likely N-dealkylation sites (N-methyl/N-ethyl adjacent to an activating group) is 1. The average molecular weight is 210 g/mol. The van der Waals surface area contributed by atoms with Crippen molar-refractivity contribution in [3.8, 4) is 0 Å². The second kappa shape index (κ2) is 5.31. The van der Waals surface area contributed by atoms with E-state index in [0.717, 1.165) is 18.0 Å². The van der Waals surface area contributed by atoms with Gasteiger partial charge in [0.25, 0.3) is 0 Å². The Labute approximate surface area is 94.4 Å². The summed E-state index contributed by atoms with van der Waals surface area (Å²) < 4.78 is 0. The Morgan fingerprint density at radius 3 is 2.67 bits per heavy atom. The first kappa shape index (κ1) is 11.4. The van der Waals surface area contributed by atoms with Crippen molar-refractivity contribution < 1.29 is 0 Å². The lowest BCUT2D eigenvalue weighted by atomic mass is 10.1. The second-order valence-corrected chi connectivity index (χ2v) is 5.43. The van der Waals surface area contributed by atoms with Gasteiger partial charge in [-0.3, -0.25) is 4.90 Å². The van der Waals surface area contributed by atoms with E-state index >= 15 is 0 Å². The normalized spacial score (nSPS) is 31.2. The number of rotatable bonds is 4. The molecule has 2 atom stereocenters. The predicted octanol–water partition coefficient (Wildman–Crippen LogP) is 2.25. The molecule has 0 bridgehead atoms. The molecule has 2 unspecified atom stereocenters. The molecular weight excluding hydrogens is 184 g/mol. The molecule has 0 radical (unpaired) electrons. The van der Waals surface area contributed by atoms with Crippen molar-refractivity contribution in [2.45, 2.75) is 57.5 Å². The highest BCUT2D eigenvalue weighted by molar-refractivity contribution is 4.89. The van der Waals surface area contributed by atoms with Crippen LogP contribution in [0.5, 0.6) is 0 Å². The number of hydrogen-bond donors (Lipinski definition) is 1. The zero-order valence-corrected chi connectivity index (χ0v) is 10.3. The van der Waals surface area contributed by atoms with Crippen LogP contribution in [0.15, 0.2) is 0 Å². The number of nitrogens with one attached hydrogen (secondary N) is 1. The topological polar surface area (TPSA) is 15.3 Å². The summed E-state index contributed by atoms with van der Waals surface area (Å²) in [7, 11) is 2.13. The first-order valence-corrected chi connectivity index (χ1v) is 6.72. The Bertz CT molecular complexity index is 189. The van der Waals surface area contributed by atoms with Crippen LogP contribution in [0.2, 0.25) is 0 Å². The second-order valence-electron chi connectivity index (χ2n) is 5.43. The van der Waals surface area contributed by atoms with Gasteiger partial charge in [-0.2, -0.15) is 0 Å². The molecule has 1 aliphatic carbocycles. The van der Waals surface area contributed by atoms with Gasteiger partial charge in [-0.05, 0) is 52.1 Å². The van der Waals surface area contributed by atoms with Crippen molar-refractivity contribution >= 4 is 0 Å². The van der Waals surface area contributed by atoms with E-state index in [-0.39, 0.29) is 0 Å². The van der Waals surface area contributed by atoms with Crippen LogP contribution in [0.3, 0.4) is 0 Å². The molecule has 0 amide bonds. The van der Waals surface area contributed by atoms with Crippen LogP contribution in [0, 0.1) is 5.92 Å². The minimum atomic E-state index is 0.755. The number of likely N-dealkylation sites (tertiary alicyclic amines) is 1. The van der Waals surface area contributed by atoms with Gasteiger partial charge in [0.05, 0.1) is 0 Å². The van der Waals surface area contributed by atoms with Gasteiger partial charge >= 0.3 is 0 Å². The summed E-state index contributed by atoms with van der Waals surface area (Å²) in [6.07, 6.45) is 8.59. The first-order chi connectivity index (χ1) is 7.31. The predicted molar refractivity (Wildman–Crippen MR) is 65.1 cm³/mol. The van der Waals surface area contributed by atoms with E-state index in [0.29, 0.717) is 0 Å². The average Bonchev–Trinajstić information content (AvgIpc) is 3.04. The van der Waals surface area contributed by atoms with Crippen LogP contribution in [-0.4, -0.2) is 37.1 Å². The summed E-state index contributed by atoms with van der Waals surface area (Å²) in [4.78, 5) is 2.71. The SMILES string of the molecule is CNC(CN1CCCCCC1C)C1CC1. The van der Waals surface area contributed by atoms with E-state index in [1.54, 1.807) is 0 Å². The maximum Gasteiger partial charge on any atom is 0.0220 e. The van der Waals surface area contributed by atoms with Gasteiger partial charge in [-0.15, -0.1) is 0 Å². The highest BCUT2D eigenvalue weighted by Gasteiger charge is 2.32. The molecule has 0 aromatic heterocycles. The molecule has 1 saturated carbocycles. The fourth-order valence-corrected chi connectivity index (χ4v) is 2.83. The lowest BCUT2D eigenvalue weighted by Crippen LogP contribution is -2.44. The van der Waals surface area contributed by atoms with E-state index in [4.69, 9.17) is 0 Å². The maximum atomic E-state index is 3.51. The summed E-state index contributed by atoms with van der Waals surface area (Å²) in [6, 6.07) is 1.56. The molecule has 1 N–H and O–H groups in total. The summed E-state index contributed by atoms with van der Waals surface area (Å²) in [5.74, 6) is 0.977. The fraction of sp³-hybridized carbons (Fsp3) is 1.00. The van der Waals surface area contributed by atoms with Crippen molar-refractivity contribution in [1.82, 2.24) is 10.2 Å². The van der Waals surface area contributed by atoms with E-state index in [9.17, 15) is 0 Å². The van der Waals surface area contributed by atoms with Crippen molar-refractivity contribution in [2.24, 2.45) is 5.92 Å². The van der Waals surface area contributed by atoms with Gasteiger partial charge in [0.1, 0.15) is 0 Å². The van der Waals surface area contributed by atoms with Gasteiger partial charge in [0.15, 0.2) is 0 Å². The fourth-order valence-electron chi connectivity index (χ4n) is 2.83. The Kier molecular flexibility index (Phi) is 4.04. The van der Waals surface area contributed by atoms with Crippen LogP contribution >= 0.6 is 0 Å². The maximum absolute atomic E-state index is 3.51. The minimum absolute atomic E-state index is 0.755. The Hall–Kier alpha value is -0.0800. The lowest BCUT2D eigenvalue weighted by molar-refractivity contribution is 0.186. The molecule has 2 fully saturated rings. The van der Waals surface area contributed by atoms with E-state index in [1.165, 1.54) is 51.6 Å². The highest BCUT2D eigenvalue weighted by Crippen LogP contribution is 2.33. The summed E-state index contributed by atoms with van der Waals surface area (Å²) in [6.45, 7) is 5.01. The van der Waals surface area contributed by atoms with Crippen LogP contribution in [0.1, 0.15) is 45.4 Å². The molecule has 2 aliphatic rings. The molecule has 1 aliphatic heterocycles. The molecule has 0 spiro atoms. The molecule has 1 heterocycles. The third kappa shape index (κ3) is 3.18. The molecule has 88 valence electrons. The monoisotopic (exact) mass is 210 g/mol. The molecule has 2 nitrogen and oxygen atoms in total. The van der Waals surface area contributed by atoms with E-state index in [1.807, 2.05) is 0 Å². The summed E-state index contributed by atoms with van der Waals surface area (Å²) >= 11 is 0. The quantitative estimate of drug-likeness (QED) is 0.765. The van der Waals surface area contributed by atoms with Crippen LogP contribution in [0.25, 0.3) is 0 Å². The van der Waals surface area contributed by atoms with Gasteiger partial charge in [0, 0.05) is 18.6 Å². The molecular formula is C13H26N2. The molecule has 0 aromatic carbocycles. The van der Waals surface area contributed by atoms with E-state index < -0.39 is 0 Å². The Balaban J connectivity index is 1.84. The summed E-state index contributed by atoms with van der Waals surface area (Å²) in [5, 5.41) is 3.51. The van der Waals surface area contributed by atoms with Crippen molar-refractivity contribution in [1.29, 1.82) is 0 Å². The third-order valence-electron chi connectivity index (χ3n) is 4.18. The zero-order chi connectivity index (χ0) is 10.7. The number of hydrogen-bond acceptors (Lipinski definition) is 2. The van der Waals surface area contributed by atoms with Gasteiger partial charge in [-0.25, -0.2) is 0 Å². The molecule has 2 rings (SSSR count). The van der Waals surface area contributed by atoms with Crippen LogP contribution in [-0.2, 0) is 0 Å². The van der Waals surface area contributed by atoms with Crippen LogP contribution < -0.4 is 5.32 Å². The molecule has 0 aromatic rings. The lowest BCUT2D eigenvalue weighted by Gasteiger charge is -2.31. The molecule has 15 heavy (non-hydrogen) atoms. The zero-order valence-electron chi connectivity index (χ0n) is 10.3. The first-order valence-electron chi connectivity index (χ1n) is 6.72. The van der Waals surface area contributed by atoms with Crippen molar-refractivity contribution in [3.63, 3.8) is 0 Å². The molecule has 1 saturated heterocycles. The van der Waals surface area contributed by atoms with Gasteiger partial charge in [0.2, 0.25) is 0 Å².